The molecule has 0 spiro atoms. The highest BCUT2D eigenvalue weighted by atomic mass is 32.1. The average molecular weight is 135 g/mol. The second kappa shape index (κ2) is 2.09. The van der Waals surface area contributed by atoms with E-state index in [0.29, 0.717) is 0 Å². The number of nitrogens with zero attached hydrogens (tertiary/aromatic N) is 3. The second-order valence-electron chi connectivity index (χ2n) is 1.07. The van der Waals surface area contributed by atoms with E-state index in [1.54, 1.807) is 0 Å². The Kier molecular flexibility index (Phi) is 0.435. The number of hydrogen-bond acceptors (Lipinski definition) is 4. The van der Waals surface area contributed by atoms with Crippen molar-refractivity contribution in [2.45, 2.75) is 0 Å². The first-order chi connectivity index (χ1) is 6.23. The van der Waals surface area contributed by atoms with Crippen LogP contribution in [0, 0.1) is 0 Å². The Morgan fingerprint density at radius 3 is 3.25 bits per heavy atom. The molecule has 1 aromatic heterocycles. The molecular weight excluding hydrogens is 122 g/mol. The molecule has 0 saturated carbocycles. The van der Waals surface area contributed by atoms with Crippen molar-refractivity contribution in [2.75, 3.05) is 18.9 Å². The second-order valence-corrected chi connectivity index (χ2v) is 1.67. The molecule has 0 radical (unpaired) electrons. The van der Waals surface area contributed by atoms with E-state index < -0.39 is 14.0 Å². The van der Waals surface area contributed by atoms with Gasteiger partial charge in [0.15, 0.2) is 0 Å². The highest BCUT2D eigenvalue weighted by Crippen LogP contribution is 2.01. The highest BCUT2D eigenvalue weighted by molar-refractivity contribution is 7.03. The molecule has 1 aromatic rings. The van der Waals surface area contributed by atoms with Gasteiger partial charge in [-0.25, -0.2) is 4.98 Å². The van der Waals surface area contributed by atoms with Crippen LogP contribution in [0.25, 0.3) is 0 Å². The number of hydrogen-bond donors (Lipinski definition) is 0. The zero-order chi connectivity index (χ0) is 11.0. The van der Waals surface area contributed by atoms with Gasteiger partial charge in [-0.3, -0.25) is 0 Å². The van der Waals surface area contributed by atoms with Gasteiger partial charge in [0, 0.05) is 22.2 Å². The molecular formula is C4H7N3S. The minimum atomic E-state index is -2.77. The first-order valence-corrected chi connectivity index (χ1v) is 2.63. The smallest absolute Gasteiger partial charge is 0.236 e. The third kappa shape index (κ3) is 0.949. The molecule has 0 atom stereocenters. The topological polar surface area (TPSA) is 29.0 Å². The Hall–Kier alpha value is -0.640. The fourth-order valence-corrected chi connectivity index (χ4v) is 0.675. The van der Waals surface area contributed by atoms with Crippen molar-refractivity contribution < 1.29 is 8.22 Å². The van der Waals surface area contributed by atoms with Crippen molar-refractivity contribution in [3.05, 3.63) is 5.51 Å². The number of anilines is 1. The van der Waals surface area contributed by atoms with E-state index in [9.17, 15) is 0 Å². The summed E-state index contributed by atoms with van der Waals surface area (Å²) < 4.78 is 45.9. The minimum Gasteiger partial charge on any atom is -0.346 e. The lowest BCUT2D eigenvalue weighted by Crippen LogP contribution is -2.09. The predicted octanol–water partition coefficient (Wildman–Crippen LogP) is 0.604. The van der Waals surface area contributed by atoms with E-state index in [2.05, 4.69) is 9.36 Å². The van der Waals surface area contributed by atoms with Crippen LogP contribution in [0.4, 0.5) is 5.95 Å². The lowest BCUT2D eigenvalue weighted by atomic mass is 10.8. The van der Waals surface area contributed by atoms with Crippen LogP contribution in [0.3, 0.4) is 0 Å². The maximum absolute atomic E-state index is 7.04. The summed E-state index contributed by atoms with van der Waals surface area (Å²) in [7, 11) is 0. The van der Waals surface area contributed by atoms with Crippen LogP contribution >= 0.6 is 11.5 Å². The van der Waals surface area contributed by atoms with Gasteiger partial charge in [0.25, 0.3) is 0 Å². The van der Waals surface area contributed by atoms with Gasteiger partial charge in [0.05, 0.1) is 0 Å². The Labute approximate surface area is 60.6 Å². The molecule has 8 heavy (non-hydrogen) atoms. The molecule has 0 aliphatic carbocycles. The first-order valence-electron chi connectivity index (χ1n) is 4.79. The first kappa shape index (κ1) is 1.67. The molecule has 0 aliphatic heterocycles. The zero-order valence-corrected chi connectivity index (χ0v) is 4.64. The molecule has 44 valence electrons. The predicted molar refractivity (Wildman–Crippen MR) is 34.2 cm³/mol. The van der Waals surface area contributed by atoms with Crippen molar-refractivity contribution in [3.8, 4) is 0 Å². The Balaban J connectivity index is 3.08. The fraction of sp³-hybridized carbons (Fsp3) is 0.500. The van der Waals surface area contributed by atoms with E-state index in [1.807, 2.05) is 0 Å². The fourth-order valence-electron chi connectivity index (χ4n) is 0.264. The summed E-state index contributed by atoms with van der Waals surface area (Å²) in [6.45, 7) is -5.54. The minimum absolute atomic E-state index is 0.247. The zero-order valence-electron chi connectivity index (χ0n) is 9.83. The molecule has 0 saturated heterocycles. The van der Waals surface area contributed by atoms with Gasteiger partial charge in [-0.15, -0.1) is 0 Å². The van der Waals surface area contributed by atoms with Crippen molar-refractivity contribution >= 4 is 17.5 Å². The molecule has 0 unspecified atom stereocenters. The monoisotopic (exact) mass is 135 g/mol. The van der Waals surface area contributed by atoms with Crippen LogP contribution in [0.1, 0.15) is 8.22 Å². The van der Waals surface area contributed by atoms with Crippen LogP contribution in [-0.2, 0) is 0 Å². The standard InChI is InChI=1S/C4H7N3S/c1-7(2)4-5-3-8-6-4/h3H,1-2H3/i1D3,2D3. The molecule has 0 N–H and O–H groups in total. The van der Waals surface area contributed by atoms with E-state index >= 15 is 0 Å². The molecule has 0 aromatic carbocycles. The molecule has 0 amide bonds. The van der Waals surface area contributed by atoms with Gasteiger partial charge < -0.3 is 4.90 Å². The molecule has 0 bridgehead atoms. The van der Waals surface area contributed by atoms with E-state index in [4.69, 9.17) is 8.22 Å². The highest BCUT2D eigenvalue weighted by Gasteiger charge is 1.94. The largest absolute Gasteiger partial charge is 0.346 e. The quantitative estimate of drug-likeness (QED) is 0.565. The molecule has 1 heterocycles. The summed E-state index contributed by atoms with van der Waals surface area (Å²) in [5, 5.41) is 0. The van der Waals surface area contributed by atoms with Gasteiger partial charge >= 0.3 is 0 Å². The normalized spacial score (nSPS) is 23.5. The summed E-state index contributed by atoms with van der Waals surface area (Å²) in [5.41, 5.74) is 1.28. The van der Waals surface area contributed by atoms with E-state index in [-0.39, 0.29) is 10.8 Å². The van der Waals surface area contributed by atoms with E-state index in [0.717, 1.165) is 11.5 Å². The Morgan fingerprint density at radius 1 is 1.88 bits per heavy atom. The van der Waals surface area contributed by atoms with Gasteiger partial charge in [0.2, 0.25) is 5.95 Å². The van der Waals surface area contributed by atoms with Crippen LogP contribution in [-0.4, -0.2) is 23.3 Å². The van der Waals surface area contributed by atoms with Crippen molar-refractivity contribution in [3.63, 3.8) is 0 Å². The van der Waals surface area contributed by atoms with Crippen LogP contribution in [0.5, 0.6) is 0 Å². The summed E-state index contributed by atoms with van der Waals surface area (Å²) in [6.07, 6.45) is 0. The SMILES string of the molecule is [2H]C([2H])([2H])N(c1ncsn1)C([2H])([2H])[2H]. The number of rotatable bonds is 1. The van der Waals surface area contributed by atoms with Crippen LogP contribution in [0.15, 0.2) is 5.51 Å². The summed E-state index contributed by atoms with van der Waals surface area (Å²) in [4.78, 5) is 3.81. The third-order valence-electron chi connectivity index (χ3n) is 0.550. The van der Waals surface area contributed by atoms with Gasteiger partial charge in [-0.2, -0.15) is 4.37 Å². The third-order valence-corrected chi connectivity index (χ3v) is 1.02. The maximum Gasteiger partial charge on any atom is 0.236 e. The number of aromatic nitrogens is 2. The van der Waals surface area contributed by atoms with Crippen molar-refractivity contribution in [1.82, 2.24) is 9.36 Å². The molecule has 4 heteroatoms. The van der Waals surface area contributed by atoms with Crippen LogP contribution < -0.4 is 4.90 Å². The Morgan fingerprint density at radius 2 is 2.75 bits per heavy atom. The molecule has 1 rings (SSSR count). The van der Waals surface area contributed by atoms with Crippen LogP contribution in [0.2, 0.25) is 0 Å². The summed E-state index contributed by atoms with van der Waals surface area (Å²) >= 11 is 0.897. The van der Waals surface area contributed by atoms with Gasteiger partial charge in [-0.05, 0) is 11.5 Å². The van der Waals surface area contributed by atoms with Gasteiger partial charge in [0.1, 0.15) is 5.51 Å². The summed E-state index contributed by atoms with van der Waals surface area (Å²) in [5.74, 6) is -0.296. The average Bonchev–Trinajstić information content (AvgIpc) is 2.31. The van der Waals surface area contributed by atoms with E-state index in [1.165, 1.54) is 5.51 Å². The molecule has 3 nitrogen and oxygen atoms in total. The van der Waals surface area contributed by atoms with Crippen molar-refractivity contribution in [2.24, 2.45) is 0 Å². The van der Waals surface area contributed by atoms with Crippen molar-refractivity contribution in [1.29, 1.82) is 0 Å². The van der Waals surface area contributed by atoms with Gasteiger partial charge in [-0.1, -0.05) is 0 Å². The molecule has 0 aliphatic rings. The lowest BCUT2D eigenvalue weighted by molar-refractivity contribution is 1.05. The molecule has 0 fully saturated rings. The summed E-state index contributed by atoms with van der Waals surface area (Å²) in [6, 6.07) is 0. The maximum atomic E-state index is 7.04. The lowest BCUT2D eigenvalue weighted by Gasteiger charge is -2.02. The Bertz CT molecular complexity index is 275.